The van der Waals surface area contributed by atoms with E-state index in [4.69, 9.17) is 10.5 Å². The van der Waals surface area contributed by atoms with Crippen LogP contribution in [0.3, 0.4) is 0 Å². The van der Waals surface area contributed by atoms with Gasteiger partial charge in [-0.25, -0.2) is 4.79 Å². The minimum absolute atomic E-state index is 0.228. The molecule has 0 atom stereocenters. The van der Waals surface area contributed by atoms with Gasteiger partial charge in [0.2, 0.25) is 0 Å². The van der Waals surface area contributed by atoms with Gasteiger partial charge in [0.25, 0.3) is 5.91 Å². The Balaban J connectivity index is 1.79. The fourth-order valence-electron chi connectivity index (χ4n) is 3.67. The highest BCUT2D eigenvalue weighted by Gasteiger charge is 2.27. The van der Waals surface area contributed by atoms with Gasteiger partial charge in [-0.05, 0) is 81.5 Å². The fraction of sp³-hybridized carbons (Fsp3) is 0.375. The van der Waals surface area contributed by atoms with Crippen LogP contribution in [0.4, 0.5) is 10.5 Å². The Hall–Kier alpha value is -3.35. The third kappa shape index (κ3) is 4.87. The maximum atomic E-state index is 13.2. The number of aliphatic imine (C=N–C) groups is 1. The number of hydrogen-bond acceptors (Lipinski definition) is 5. The van der Waals surface area contributed by atoms with E-state index in [-0.39, 0.29) is 12.5 Å². The average Bonchev–Trinajstić information content (AvgIpc) is 3.05. The first kappa shape index (κ1) is 22.3. The number of carbonyl (C=O) groups is 2. The Morgan fingerprint density at radius 3 is 2.52 bits per heavy atom. The van der Waals surface area contributed by atoms with Gasteiger partial charge in [0.05, 0.1) is 12.1 Å². The van der Waals surface area contributed by atoms with Crippen LogP contribution < -0.4 is 16.4 Å². The van der Waals surface area contributed by atoms with Crippen molar-refractivity contribution in [2.45, 2.75) is 60.2 Å². The second kappa shape index (κ2) is 8.41. The molecule has 1 heterocycles. The second-order valence-corrected chi connectivity index (χ2v) is 8.81. The quantitative estimate of drug-likeness (QED) is 0.689. The Bertz CT molecular complexity index is 1080. The van der Waals surface area contributed by atoms with Crippen LogP contribution in [0.15, 0.2) is 29.3 Å². The number of amidine groups is 1. The number of nitrogens with one attached hydrogen (secondary N) is 2. The first-order valence-corrected chi connectivity index (χ1v) is 10.3. The molecule has 0 aromatic heterocycles. The van der Waals surface area contributed by atoms with Crippen LogP contribution in [0.25, 0.3) is 0 Å². The molecule has 0 bridgehead atoms. The molecule has 1 aliphatic heterocycles. The zero-order valence-electron chi connectivity index (χ0n) is 19.0. The molecular formula is C24H30N4O3. The van der Waals surface area contributed by atoms with E-state index < -0.39 is 11.7 Å². The molecule has 7 nitrogen and oxygen atoms in total. The largest absolute Gasteiger partial charge is 0.444 e. The molecule has 0 fully saturated rings. The number of hydrogen-bond donors (Lipinski definition) is 3. The number of benzene rings is 2. The highest BCUT2D eigenvalue weighted by atomic mass is 16.6. The molecule has 31 heavy (non-hydrogen) atoms. The van der Waals surface area contributed by atoms with Crippen molar-refractivity contribution in [3.63, 3.8) is 0 Å². The normalized spacial score (nSPS) is 12.8. The summed E-state index contributed by atoms with van der Waals surface area (Å²) in [6.07, 6.45) is -0.488. The van der Waals surface area contributed by atoms with E-state index in [9.17, 15) is 9.59 Å². The summed E-state index contributed by atoms with van der Waals surface area (Å²) in [5.74, 6) is 0.177. The monoisotopic (exact) mass is 422 g/mol. The molecule has 3 rings (SSSR count). The van der Waals surface area contributed by atoms with E-state index in [1.54, 1.807) is 0 Å². The minimum Gasteiger partial charge on any atom is -0.444 e. The lowest BCUT2D eigenvalue weighted by Crippen LogP contribution is -2.32. The molecule has 0 unspecified atom stereocenters. The van der Waals surface area contributed by atoms with Crippen molar-refractivity contribution < 1.29 is 14.3 Å². The van der Waals surface area contributed by atoms with E-state index in [1.165, 1.54) is 0 Å². The van der Waals surface area contributed by atoms with Gasteiger partial charge in [-0.2, -0.15) is 0 Å². The van der Waals surface area contributed by atoms with Crippen LogP contribution in [0.1, 0.15) is 64.5 Å². The lowest BCUT2D eigenvalue weighted by molar-refractivity contribution is 0.0523. The molecule has 0 spiro atoms. The third-order valence-corrected chi connectivity index (χ3v) is 5.42. The van der Waals surface area contributed by atoms with Crippen molar-refractivity contribution in [1.29, 1.82) is 0 Å². The Morgan fingerprint density at radius 2 is 1.84 bits per heavy atom. The van der Waals surface area contributed by atoms with Gasteiger partial charge in [-0.15, -0.1) is 0 Å². The molecular weight excluding hydrogens is 392 g/mol. The topological polar surface area (TPSA) is 106 Å². The number of alkyl carbamates (subject to hydrolysis) is 1. The first-order valence-electron chi connectivity index (χ1n) is 10.3. The van der Waals surface area contributed by atoms with Gasteiger partial charge in [0, 0.05) is 17.8 Å². The number of ether oxygens (including phenoxy) is 1. The molecule has 1 aliphatic rings. The van der Waals surface area contributed by atoms with Crippen molar-refractivity contribution in [2.24, 2.45) is 10.7 Å². The molecule has 164 valence electrons. The summed E-state index contributed by atoms with van der Waals surface area (Å²) < 4.78 is 5.26. The van der Waals surface area contributed by atoms with Crippen LogP contribution in [-0.2, 0) is 17.8 Å². The molecule has 0 saturated heterocycles. The number of rotatable bonds is 4. The number of nitrogens with zero attached hydrogens (tertiary/aromatic N) is 1. The molecule has 4 N–H and O–H groups in total. The SMILES string of the molecule is Cc1c(C)c2c(c(C(=O)Nc3cccc(CNC(=O)OC(C)(C)C)c3)c1C)C(N)=NC2. The molecule has 2 amide bonds. The summed E-state index contributed by atoms with van der Waals surface area (Å²) >= 11 is 0. The highest BCUT2D eigenvalue weighted by Crippen LogP contribution is 2.31. The first-order chi connectivity index (χ1) is 14.5. The predicted octanol–water partition coefficient (Wildman–Crippen LogP) is 4.11. The zero-order valence-corrected chi connectivity index (χ0v) is 19.0. The second-order valence-electron chi connectivity index (χ2n) is 8.81. The summed E-state index contributed by atoms with van der Waals surface area (Å²) in [5.41, 5.74) is 12.4. The van der Waals surface area contributed by atoms with E-state index in [0.29, 0.717) is 23.6 Å². The smallest absolute Gasteiger partial charge is 0.407 e. The van der Waals surface area contributed by atoms with Crippen LogP contribution in [0, 0.1) is 20.8 Å². The van der Waals surface area contributed by atoms with E-state index in [1.807, 2.05) is 65.8 Å². The molecule has 0 radical (unpaired) electrons. The molecule has 2 aromatic rings. The van der Waals surface area contributed by atoms with Gasteiger partial charge >= 0.3 is 6.09 Å². The van der Waals surface area contributed by atoms with Crippen molar-refractivity contribution in [2.75, 3.05) is 5.32 Å². The predicted molar refractivity (Wildman–Crippen MR) is 123 cm³/mol. The maximum absolute atomic E-state index is 13.2. The van der Waals surface area contributed by atoms with Gasteiger partial charge < -0.3 is 21.1 Å². The summed E-state index contributed by atoms with van der Waals surface area (Å²) in [7, 11) is 0. The van der Waals surface area contributed by atoms with Gasteiger partial charge in [0.1, 0.15) is 11.4 Å². The number of nitrogens with two attached hydrogens (primary N) is 1. The number of amides is 2. The van der Waals surface area contributed by atoms with Crippen molar-refractivity contribution in [3.8, 4) is 0 Å². The number of fused-ring (bicyclic) bond motifs is 1. The van der Waals surface area contributed by atoms with Gasteiger partial charge in [-0.3, -0.25) is 9.79 Å². The summed E-state index contributed by atoms with van der Waals surface area (Å²) in [6.45, 7) is 12.2. The Labute approximate surface area is 183 Å². The van der Waals surface area contributed by atoms with Crippen LogP contribution in [0.2, 0.25) is 0 Å². The summed E-state index contributed by atoms with van der Waals surface area (Å²) in [5, 5.41) is 5.69. The number of carbonyl (C=O) groups excluding carboxylic acids is 2. The van der Waals surface area contributed by atoms with E-state index in [0.717, 1.165) is 33.4 Å². The van der Waals surface area contributed by atoms with Crippen molar-refractivity contribution in [3.05, 3.63) is 63.2 Å². The van der Waals surface area contributed by atoms with Crippen LogP contribution in [-0.4, -0.2) is 23.4 Å². The van der Waals surface area contributed by atoms with E-state index >= 15 is 0 Å². The standard InChI is InChI=1S/C24H30N4O3/c1-13-14(2)18-12-26-21(25)20(18)19(15(13)3)22(29)28-17-9-7-8-16(10-17)11-27-23(30)31-24(4,5)6/h7-10H,11-12H2,1-6H3,(H2,25,26)(H,27,30)(H,28,29). The van der Waals surface area contributed by atoms with Gasteiger partial charge in [-0.1, -0.05) is 12.1 Å². The van der Waals surface area contributed by atoms with E-state index in [2.05, 4.69) is 15.6 Å². The average molecular weight is 423 g/mol. The van der Waals surface area contributed by atoms with Crippen LogP contribution >= 0.6 is 0 Å². The summed E-state index contributed by atoms with van der Waals surface area (Å²) in [4.78, 5) is 29.5. The van der Waals surface area contributed by atoms with Crippen molar-refractivity contribution in [1.82, 2.24) is 5.32 Å². The molecule has 0 saturated carbocycles. The maximum Gasteiger partial charge on any atom is 0.407 e. The Morgan fingerprint density at radius 1 is 1.13 bits per heavy atom. The van der Waals surface area contributed by atoms with Crippen LogP contribution in [0.5, 0.6) is 0 Å². The fourth-order valence-corrected chi connectivity index (χ4v) is 3.67. The lowest BCUT2D eigenvalue weighted by atomic mass is 9.88. The number of anilines is 1. The third-order valence-electron chi connectivity index (χ3n) is 5.42. The Kier molecular flexibility index (Phi) is 6.06. The summed E-state index contributed by atoms with van der Waals surface area (Å²) in [6, 6.07) is 7.33. The van der Waals surface area contributed by atoms with Gasteiger partial charge in [0.15, 0.2) is 0 Å². The molecule has 0 aliphatic carbocycles. The minimum atomic E-state index is -0.560. The molecule has 7 heteroatoms. The highest BCUT2D eigenvalue weighted by molar-refractivity contribution is 6.16. The lowest BCUT2D eigenvalue weighted by Gasteiger charge is -2.20. The van der Waals surface area contributed by atoms with Crippen molar-refractivity contribution >= 4 is 23.5 Å². The molecule has 2 aromatic carbocycles. The zero-order chi connectivity index (χ0) is 22.9.